The van der Waals surface area contributed by atoms with Crippen molar-refractivity contribution in [2.24, 2.45) is 11.3 Å². The minimum atomic E-state index is -0.507. The first-order chi connectivity index (χ1) is 24.8. The summed E-state index contributed by atoms with van der Waals surface area (Å²) in [5.74, 6) is 0.406. The Kier molecular flexibility index (Phi) is 36.0. The van der Waals surface area contributed by atoms with E-state index in [0.29, 0.717) is 38.7 Å². The van der Waals surface area contributed by atoms with Gasteiger partial charge in [0.05, 0.1) is 26.4 Å². The fraction of sp³-hybridized carbons (Fsp3) is 0.955. The first kappa shape index (κ1) is 49.7. The van der Waals surface area contributed by atoms with Crippen LogP contribution in [-0.4, -0.2) is 68.2 Å². The number of nitrogens with zero attached hydrogens (tertiary/aromatic N) is 1. The van der Waals surface area contributed by atoms with Crippen LogP contribution in [0.5, 0.6) is 0 Å². The summed E-state index contributed by atoms with van der Waals surface area (Å²) in [5, 5.41) is 9.63. The Hall–Kier alpha value is -1.34. The second kappa shape index (κ2) is 37.0. The molecule has 304 valence electrons. The van der Waals surface area contributed by atoms with E-state index in [1.165, 1.54) is 96.3 Å². The molecule has 0 aromatic heterocycles. The summed E-state index contributed by atoms with van der Waals surface area (Å²) >= 11 is 0. The van der Waals surface area contributed by atoms with Crippen molar-refractivity contribution in [3.8, 4) is 0 Å². The van der Waals surface area contributed by atoms with Crippen LogP contribution in [0.4, 0.5) is 4.79 Å². The van der Waals surface area contributed by atoms with Crippen LogP contribution in [0.25, 0.3) is 0 Å². The monoisotopic (exact) mass is 726 g/mol. The normalized spacial score (nSPS) is 11.8. The Labute approximate surface area is 317 Å². The predicted molar refractivity (Wildman–Crippen MR) is 215 cm³/mol. The van der Waals surface area contributed by atoms with E-state index in [4.69, 9.17) is 14.2 Å². The summed E-state index contributed by atoms with van der Waals surface area (Å²) in [4.78, 5) is 26.8. The molecular weight excluding hydrogens is 638 g/mol. The van der Waals surface area contributed by atoms with Crippen molar-refractivity contribution in [3.05, 3.63) is 0 Å². The smallest absolute Gasteiger partial charge is 0.466 e. The highest BCUT2D eigenvalue weighted by atomic mass is 16.7. The molecular formula is C44H87NO6. The van der Waals surface area contributed by atoms with Gasteiger partial charge in [-0.3, -0.25) is 4.79 Å². The molecule has 0 aromatic rings. The number of hydrogen-bond acceptors (Lipinski definition) is 7. The summed E-state index contributed by atoms with van der Waals surface area (Å²) < 4.78 is 16.4. The molecule has 0 heterocycles. The number of esters is 1. The molecule has 0 spiro atoms. The third kappa shape index (κ3) is 35.5. The summed E-state index contributed by atoms with van der Waals surface area (Å²) in [6, 6.07) is 0. The average molecular weight is 726 g/mol. The maximum Gasteiger partial charge on any atom is 0.508 e. The second-order valence-electron chi connectivity index (χ2n) is 16.1. The lowest BCUT2D eigenvalue weighted by Gasteiger charge is -2.29. The van der Waals surface area contributed by atoms with Gasteiger partial charge in [0, 0.05) is 13.0 Å². The minimum absolute atomic E-state index is 0.0462. The molecule has 0 bridgehead atoms. The minimum Gasteiger partial charge on any atom is -0.466 e. The van der Waals surface area contributed by atoms with Crippen molar-refractivity contribution in [2.75, 3.05) is 46.1 Å². The third-order valence-corrected chi connectivity index (χ3v) is 10.5. The molecule has 51 heavy (non-hydrogen) atoms. The van der Waals surface area contributed by atoms with E-state index >= 15 is 0 Å². The van der Waals surface area contributed by atoms with Gasteiger partial charge in [-0.2, -0.15) is 0 Å². The molecule has 0 aromatic carbocycles. The quantitative estimate of drug-likeness (QED) is 0.0499. The number of carbonyl (C=O) groups is 2. The molecule has 0 radical (unpaired) electrons. The fourth-order valence-electron chi connectivity index (χ4n) is 6.81. The number of aliphatic hydroxyl groups is 1. The number of hydrogen-bond donors (Lipinski definition) is 1. The number of aliphatic hydroxyl groups excluding tert-OH is 1. The lowest BCUT2D eigenvalue weighted by Crippen LogP contribution is -2.32. The molecule has 0 saturated heterocycles. The maximum atomic E-state index is 12.3. The van der Waals surface area contributed by atoms with Gasteiger partial charge in [0.25, 0.3) is 0 Å². The van der Waals surface area contributed by atoms with E-state index in [0.717, 1.165) is 90.1 Å². The summed E-state index contributed by atoms with van der Waals surface area (Å²) in [6.07, 6.45) is 31.8. The maximum absolute atomic E-state index is 12.3. The SMILES string of the molecule is CCCCCCCCCOC(=O)CCCCC(C)(C)CCN(CCO)CCCCCCOC(=O)OCC(CCCCCCC)CCCCCCC. The van der Waals surface area contributed by atoms with Gasteiger partial charge in [0.2, 0.25) is 0 Å². The van der Waals surface area contributed by atoms with E-state index in [2.05, 4.69) is 39.5 Å². The number of unbranched alkanes of at least 4 members (excludes halogenated alkanes) is 18. The average Bonchev–Trinajstić information content (AvgIpc) is 3.11. The molecule has 0 rings (SSSR count). The van der Waals surface area contributed by atoms with E-state index < -0.39 is 6.16 Å². The van der Waals surface area contributed by atoms with Crippen LogP contribution >= 0.6 is 0 Å². The van der Waals surface area contributed by atoms with Crippen LogP contribution in [0, 0.1) is 11.3 Å². The molecule has 7 nitrogen and oxygen atoms in total. The zero-order valence-corrected chi connectivity index (χ0v) is 34.8. The number of carbonyl (C=O) groups excluding carboxylic acids is 2. The van der Waals surface area contributed by atoms with Crippen molar-refractivity contribution in [1.29, 1.82) is 0 Å². The standard InChI is InChI=1S/C44H87NO6/c1-6-9-12-15-16-20-27-38-49-42(47)31-24-25-32-44(4,5)33-35-45(36-37-46)34-26-19-21-28-39-50-43(48)51-40-41(29-22-17-13-10-7-2)30-23-18-14-11-8-3/h41,46H,6-40H2,1-5H3. The highest BCUT2D eigenvalue weighted by Gasteiger charge is 2.19. The van der Waals surface area contributed by atoms with E-state index in [9.17, 15) is 14.7 Å². The molecule has 0 saturated carbocycles. The van der Waals surface area contributed by atoms with Crippen LogP contribution in [0.2, 0.25) is 0 Å². The van der Waals surface area contributed by atoms with Crippen molar-refractivity contribution < 1.29 is 28.9 Å². The summed E-state index contributed by atoms with van der Waals surface area (Å²) in [6.45, 7) is 15.7. The lowest BCUT2D eigenvalue weighted by atomic mass is 9.83. The van der Waals surface area contributed by atoms with Crippen molar-refractivity contribution in [3.63, 3.8) is 0 Å². The Morgan fingerprint density at radius 3 is 1.63 bits per heavy atom. The zero-order chi connectivity index (χ0) is 37.7. The van der Waals surface area contributed by atoms with E-state index in [1.807, 2.05) is 0 Å². The van der Waals surface area contributed by atoms with E-state index in [-0.39, 0.29) is 18.0 Å². The molecule has 0 amide bonds. The van der Waals surface area contributed by atoms with Gasteiger partial charge in [-0.05, 0) is 75.8 Å². The predicted octanol–water partition coefficient (Wildman–Crippen LogP) is 12.6. The molecule has 0 aliphatic heterocycles. The van der Waals surface area contributed by atoms with Crippen LogP contribution < -0.4 is 0 Å². The van der Waals surface area contributed by atoms with Gasteiger partial charge in [0.15, 0.2) is 0 Å². The molecule has 0 unspecified atom stereocenters. The zero-order valence-electron chi connectivity index (χ0n) is 34.8. The largest absolute Gasteiger partial charge is 0.508 e. The molecule has 0 atom stereocenters. The van der Waals surface area contributed by atoms with Crippen LogP contribution in [-0.2, 0) is 19.0 Å². The lowest BCUT2D eigenvalue weighted by molar-refractivity contribution is -0.143. The Morgan fingerprint density at radius 1 is 0.549 bits per heavy atom. The number of ether oxygens (including phenoxy) is 3. The Morgan fingerprint density at radius 2 is 1.06 bits per heavy atom. The summed E-state index contributed by atoms with van der Waals surface area (Å²) in [7, 11) is 0. The van der Waals surface area contributed by atoms with Crippen molar-refractivity contribution in [1.82, 2.24) is 4.90 Å². The van der Waals surface area contributed by atoms with Crippen LogP contribution in [0.1, 0.15) is 214 Å². The summed E-state index contributed by atoms with van der Waals surface area (Å²) in [5.41, 5.74) is 0.199. The number of rotatable bonds is 39. The van der Waals surface area contributed by atoms with Gasteiger partial charge in [-0.15, -0.1) is 0 Å². The Balaban J connectivity index is 4.08. The molecule has 0 aliphatic carbocycles. The van der Waals surface area contributed by atoms with E-state index in [1.54, 1.807) is 0 Å². The highest BCUT2D eigenvalue weighted by molar-refractivity contribution is 5.69. The van der Waals surface area contributed by atoms with Gasteiger partial charge in [-0.1, -0.05) is 157 Å². The molecule has 7 heteroatoms. The van der Waals surface area contributed by atoms with Crippen LogP contribution in [0.15, 0.2) is 0 Å². The molecule has 1 N–H and O–H groups in total. The highest BCUT2D eigenvalue weighted by Crippen LogP contribution is 2.28. The first-order valence-electron chi connectivity index (χ1n) is 22.1. The fourth-order valence-corrected chi connectivity index (χ4v) is 6.81. The van der Waals surface area contributed by atoms with Gasteiger partial charge < -0.3 is 24.2 Å². The van der Waals surface area contributed by atoms with Gasteiger partial charge in [-0.25, -0.2) is 4.79 Å². The van der Waals surface area contributed by atoms with Crippen LogP contribution in [0.3, 0.4) is 0 Å². The van der Waals surface area contributed by atoms with Crippen molar-refractivity contribution >= 4 is 12.1 Å². The molecule has 0 fully saturated rings. The first-order valence-corrected chi connectivity index (χ1v) is 22.1. The van der Waals surface area contributed by atoms with Gasteiger partial charge in [0.1, 0.15) is 0 Å². The molecule has 0 aliphatic rings. The topological polar surface area (TPSA) is 85.3 Å². The Bertz CT molecular complexity index is 746. The van der Waals surface area contributed by atoms with Gasteiger partial charge >= 0.3 is 12.1 Å². The third-order valence-electron chi connectivity index (χ3n) is 10.5. The van der Waals surface area contributed by atoms with Crippen molar-refractivity contribution in [2.45, 2.75) is 214 Å². The second-order valence-corrected chi connectivity index (χ2v) is 16.1.